The highest BCUT2D eigenvalue weighted by Crippen LogP contribution is 2.19. The van der Waals surface area contributed by atoms with E-state index in [1.54, 1.807) is 36.1 Å². The first-order chi connectivity index (χ1) is 13.3. The van der Waals surface area contributed by atoms with Crippen LogP contribution in [0.25, 0.3) is 11.4 Å². The number of hydrogen-bond donors (Lipinski definition) is 0. The molecule has 0 radical (unpaired) electrons. The monoisotopic (exact) mass is 380 g/mol. The zero-order chi connectivity index (χ0) is 18.5. The minimum atomic E-state index is -0.0713. The van der Waals surface area contributed by atoms with Gasteiger partial charge in [0.25, 0.3) is 5.91 Å². The molecule has 6 nitrogen and oxygen atoms in total. The molecule has 0 aliphatic carbocycles. The lowest BCUT2D eigenvalue weighted by atomic mass is 10.2. The molecule has 138 valence electrons. The Labute approximate surface area is 161 Å². The number of thiophene rings is 1. The molecular weight excluding hydrogens is 360 g/mol. The lowest BCUT2D eigenvalue weighted by Gasteiger charge is -2.25. The SMILES string of the molecule is O=C(c1cnc(-c2ccncc2)nc1)N(Cc1ccsc1)C[C@@H]1CCCO1. The average molecular weight is 380 g/mol. The van der Waals surface area contributed by atoms with Crippen molar-refractivity contribution in [1.29, 1.82) is 0 Å². The summed E-state index contributed by atoms with van der Waals surface area (Å²) in [6.45, 7) is 1.92. The molecular formula is C20H20N4O2S. The average Bonchev–Trinajstić information content (AvgIpc) is 3.42. The summed E-state index contributed by atoms with van der Waals surface area (Å²) in [6.07, 6.45) is 8.73. The Kier molecular flexibility index (Phi) is 5.50. The van der Waals surface area contributed by atoms with Crippen molar-refractivity contribution in [3.63, 3.8) is 0 Å². The summed E-state index contributed by atoms with van der Waals surface area (Å²) in [5, 5.41) is 4.09. The van der Waals surface area contributed by atoms with Crippen LogP contribution in [0.4, 0.5) is 0 Å². The van der Waals surface area contributed by atoms with Crippen LogP contribution in [0.15, 0.2) is 53.7 Å². The van der Waals surface area contributed by atoms with E-state index in [9.17, 15) is 4.79 Å². The molecule has 4 rings (SSSR count). The quantitative estimate of drug-likeness (QED) is 0.655. The summed E-state index contributed by atoms with van der Waals surface area (Å²) in [6, 6.07) is 5.73. The fraction of sp³-hybridized carbons (Fsp3) is 0.300. The van der Waals surface area contributed by atoms with Crippen molar-refractivity contribution in [2.45, 2.75) is 25.5 Å². The maximum atomic E-state index is 13.1. The zero-order valence-electron chi connectivity index (χ0n) is 14.8. The van der Waals surface area contributed by atoms with E-state index in [0.29, 0.717) is 24.5 Å². The fourth-order valence-corrected chi connectivity index (χ4v) is 3.79. The smallest absolute Gasteiger partial charge is 0.257 e. The van der Waals surface area contributed by atoms with E-state index in [-0.39, 0.29) is 12.0 Å². The van der Waals surface area contributed by atoms with Crippen LogP contribution < -0.4 is 0 Å². The number of amides is 1. The molecule has 1 atom stereocenters. The third kappa shape index (κ3) is 4.37. The Morgan fingerprint density at radius 2 is 2.04 bits per heavy atom. The first-order valence-electron chi connectivity index (χ1n) is 8.94. The lowest BCUT2D eigenvalue weighted by molar-refractivity contribution is 0.0507. The highest BCUT2D eigenvalue weighted by molar-refractivity contribution is 7.07. The van der Waals surface area contributed by atoms with Gasteiger partial charge >= 0.3 is 0 Å². The van der Waals surface area contributed by atoms with Crippen LogP contribution in [0, 0.1) is 0 Å². The number of carbonyl (C=O) groups excluding carboxylic acids is 1. The molecule has 1 aliphatic rings. The third-order valence-electron chi connectivity index (χ3n) is 4.53. The van der Waals surface area contributed by atoms with E-state index in [1.165, 1.54) is 0 Å². The Bertz CT molecular complexity index is 863. The largest absolute Gasteiger partial charge is 0.376 e. The van der Waals surface area contributed by atoms with Gasteiger partial charge in [-0.15, -0.1) is 0 Å². The van der Waals surface area contributed by atoms with Crippen molar-refractivity contribution in [2.75, 3.05) is 13.2 Å². The van der Waals surface area contributed by atoms with Gasteiger partial charge in [0.15, 0.2) is 5.82 Å². The van der Waals surface area contributed by atoms with E-state index in [4.69, 9.17) is 4.74 Å². The summed E-state index contributed by atoms with van der Waals surface area (Å²) in [5.41, 5.74) is 2.49. The number of ether oxygens (including phenoxy) is 1. The van der Waals surface area contributed by atoms with E-state index < -0.39 is 0 Å². The summed E-state index contributed by atoms with van der Waals surface area (Å²) in [4.78, 5) is 27.7. The fourth-order valence-electron chi connectivity index (χ4n) is 3.13. The minimum absolute atomic E-state index is 0.0713. The summed E-state index contributed by atoms with van der Waals surface area (Å²) in [7, 11) is 0. The molecule has 1 fully saturated rings. The van der Waals surface area contributed by atoms with Crippen LogP contribution in [-0.2, 0) is 11.3 Å². The van der Waals surface area contributed by atoms with Gasteiger partial charge in [0.05, 0.1) is 11.7 Å². The number of aromatic nitrogens is 3. The van der Waals surface area contributed by atoms with Crippen molar-refractivity contribution in [1.82, 2.24) is 19.9 Å². The molecule has 0 bridgehead atoms. The molecule has 0 N–H and O–H groups in total. The summed E-state index contributed by atoms with van der Waals surface area (Å²) < 4.78 is 5.74. The van der Waals surface area contributed by atoms with E-state index >= 15 is 0 Å². The van der Waals surface area contributed by atoms with Gasteiger partial charge in [-0.3, -0.25) is 9.78 Å². The number of carbonyl (C=O) groups is 1. The van der Waals surface area contributed by atoms with Crippen molar-refractivity contribution in [2.24, 2.45) is 0 Å². The summed E-state index contributed by atoms with van der Waals surface area (Å²) in [5.74, 6) is 0.510. The topological polar surface area (TPSA) is 68.2 Å². The molecule has 0 unspecified atom stereocenters. The van der Waals surface area contributed by atoms with Crippen molar-refractivity contribution < 1.29 is 9.53 Å². The molecule has 1 saturated heterocycles. The second-order valence-electron chi connectivity index (χ2n) is 6.48. The molecule has 0 saturated carbocycles. The van der Waals surface area contributed by atoms with Gasteiger partial charge in [-0.05, 0) is 47.4 Å². The van der Waals surface area contributed by atoms with E-state index in [2.05, 4.69) is 20.3 Å². The second kappa shape index (κ2) is 8.37. The second-order valence-corrected chi connectivity index (χ2v) is 7.26. The lowest BCUT2D eigenvalue weighted by Crippen LogP contribution is -2.37. The zero-order valence-corrected chi connectivity index (χ0v) is 15.6. The number of nitrogens with zero attached hydrogens (tertiary/aromatic N) is 4. The highest BCUT2D eigenvalue weighted by atomic mass is 32.1. The number of pyridine rings is 1. The van der Waals surface area contributed by atoms with Crippen LogP contribution in [0.1, 0.15) is 28.8 Å². The molecule has 1 amide bonds. The first kappa shape index (κ1) is 17.8. The molecule has 4 heterocycles. The van der Waals surface area contributed by atoms with Gasteiger partial charge in [0.2, 0.25) is 0 Å². The van der Waals surface area contributed by atoms with E-state index in [1.807, 2.05) is 28.5 Å². The van der Waals surface area contributed by atoms with Gasteiger partial charge in [-0.1, -0.05) is 0 Å². The van der Waals surface area contributed by atoms with Gasteiger partial charge < -0.3 is 9.64 Å². The van der Waals surface area contributed by atoms with Gasteiger partial charge in [0, 0.05) is 50.0 Å². The molecule has 7 heteroatoms. The van der Waals surface area contributed by atoms with Crippen molar-refractivity contribution in [3.05, 3.63) is 64.9 Å². The molecule has 1 aliphatic heterocycles. The van der Waals surface area contributed by atoms with Crippen LogP contribution in [0.5, 0.6) is 0 Å². The van der Waals surface area contributed by atoms with Crippen LogP contribution in [0.3, 0.4) is 0 Å². The maximum absolute atomic E-state index is 13.1. The molecule has 27 heavy (non-hydrogen) atoms. The Morgan fingerprint density at radius 1 is 1.22 bits per heavy atom. The number of rotatable bonds is 6. The van der Waals surface area contributed by atoms with Crippen molar-refractivity contribution in [3.8, 4) is 11.4 Å². The molecule has 3 aromatic heterocycles. The van der Waals surface area contributed by atoms with Gasteiger partial charge in [-0.25, -0.2) is 9.97 Å². The Balaban J connectivity index is 1.52. The Hall–Kier alpha value is -2.64. The predicted molar refractivity (Wildman–Crippen MR) is 103 cm³/mol. The van der Waals surface area contributed by atoms with Gasteiger partial charge in [0.1, 0.15) is 0 Å². The van der Waals surface area contributed by atoms with Crippen LogP contribution >= 0.6 is 11.3 Å². The summed E-state index contributed by atoms with van der Waals surface area (Å²) >= 11 is 1.63. The standard InChI is InChI=1S/C20H20N4O2S/c25-20(17-10-22-19(23-11-17)16-3-6-21-7-4-16)24(12-15-5-9-27-14-15)13-18-2-1-8-26-18/h3-7,9-11,14,18H,1-2,8,12-13H2/t18-/m0/s1. The highest BCUT2D eigenvalue weighted by Gasteiger charge is 2.24. The van der Waals surface area contributed by atoms with Crippen LogP contribution in [-0.4, -0.2) is 45.0 Å². The minimum Gasteiger partial charge on any atom is -0.376 e. The maximum Gasteiger partial charge on any atom is 0.257 e. The molecule has 0 aromatic carbocycles. The molecule has 3 aromatic rings. The predicted octanol–water partition coefficient (Wildman–Crippen LogP) is 3.42. The van der Waals surface area contributed by atoms with Crippen molar-refractivity contribution >= 4 is 17.2 Å². The normalized spacial score (nSPS) is 16.4. The Morgan fingerprint density at radius 3 is 2.70 bits per heavy atom. The third-order valence-corrected chi connectivity index (χ3v) is 5.26. The first-order valence-corrected chi connectivity index (χ1v) is 9.88. The van der Waals surface area contributed by atoms with Gasteiger partial charge in [-0.2, -0.15) is 11.3 Å². The number of hydrogen-bond acceptors (Lipinski definition) is 6. The van der Waals surface area contributed by atoms with Crippen LogP contribution in [0.2, 0.25) is 0 Å². The molecule has 0 spiro atoms. The van der Waals surface area contributed by atoms with E-state index in [0.717, 1.165) is 30.6 Å².